The minimum atomic E-state index is -0.678. The lowest BCUT2D eigenvalue weighted by molar-refractivity contribution is -0.140. The Morgan fingerprint density at radius 1 is 0.973 bits per heavy atom. The van der Waals surface area contributed by atoms with Gasteiger partial charge >= 0.3 is 0 Å². The van der Waals surface area contributed by atoms with Crippen LogP contribution in [0.4, 0.5) is 0 Å². The maximum Gasteiger partial charge on any atom is 0.295 e. The van der Waals surface area contributed by atoms with Crippen LogP contribution in [-0.4, -0.2) is 42.0 Å². The van der Waals surface area contributed by atoms with E-state index in [2.05, 4.69) is 6.92 Å². The van der Waals surface area contributed by atoms with Crippen LogP contribution in [-0.2, 0) is 27.4 Å². The Morgan fingerprint density at radius 3 is 2.35 bits per heavy atom. The van der Waals surface area contributed by atoms with Crippen LogP contribution in [0.1, 0.15) is 47.2 Å². The van der Waals surface area contributed by atoms with Gasteiger partial charge in [-0.15, -0.1) is 0 Å². The van der Waals surface area contributed by atoms with E-state index in [0.29, 0.717) is 37.5 Å². The summed E-state index contributed by atoms with van der Waals surface area (Å²) >= 11 is 0. The van der Waals surface area contributed by atoms with Gasteiger partial charge in [0.15, 0.2) is 0 Å². The molecule has 1 N–H and O–H groups in total. The molecule has 0 aliphatic carbocycles. The summed E-state index contributed by atoms with van der Waals surface area (Å²) in [4.78, 5) is 27.9. The molecule has 0 unspecified atom stereocenters. The monoisotopic (exact) mass is 499 g/mol. The number of methoxy groups -OCH3 is 1. The predicted octanol–water partition coefficient (Wildman–Crippen LogP) is 5.59. The number of rotatable bonds is 10. The van der Waals surface area contributed by atoms with Gasteiger partial charge in [0.05, 0.1) is 11.6 Å². The van der Waals surface area contributed by atoms with E-state index in [1.54, 1.807) is 24.1 Å². The number of Topliss-reactive ketones (excluding diaryl/α,β-unsaturated/α-hetero) is 1. The maximum atomic E-state index is 13.2. The van der Waals surface area contributed by atoms with Crippen LogP contribution in [0.3, 0.4) is 0 Å². The molecule has 0 saturated carbocycles. The molecule has 0 bridgehead atoms. The van der Waals surface area contributed by atoms with Gasteiger partial charge in [-0.25, -0.2) is 0 Å². The molecule has 1 amide bonds. The van der Waals surface area contributed by atoms with Crippen LogP contribution in [0, 0.1) is 6.92 Å². The first-order valence-corrected chi connectivity index (χ1v) is 12.6. The number of aliphatic hydroxyl groups is 1. The topological polar surface area (TPSA) is 76.1 Å². The quantitative estimate of drug-likeness (QED) is 0.170. The lowest BCUT2D eigenvalue weighted by Gasteiger charge is -2.25. The molecule has 1 saturated heterocycles. The summed E-state index contributed by atoms with van der Waals surface area (Å²) in [6, 6.07) is 22.4. The third-order valence-electron chi connectivity index (χ3n) is 6.69. The maximum absolute atomic E-state index is 13.2. The highest BCUT2D eigenvalue weighted by Gasteiger charge is 2.45. The van der Waals surface area contributed by atoms with E-state index in [9.17, 15) is 14.7 Å². The van der Waals surface area contributed by atoms with E-state index < -0.39 is 17.7 Å². The van der Waals surface area contributed by atoms with Crippen molar-refractivity contribution in [3.8, 4) is 5.75 Å². The highest BCUT2D eigenvalue weighted by molar-refractivity contribution is 6.46. The fourth-order valence-corrected chi connectivity index (χ4v) is 4.65. The van der Waals surface area contributed by atoms with Crippen molar-refractivity contribution in [2.45, 2.75) is 39.3 Å². The number of benzene rings is 3. The number of carbonyl (C=O) groups excluding carboxylic acids is 2. The van der Waals surface area contributed by atoms with Crippen molar-refractivity contribution in [3.63, 3.8) is 0 Å². The zero-order valence-electron chi connectivity index (χ0n) is 21.6. The smallest absolute Gasteiger partial charge is 0.295 e. The molecule has 3 aromatic rings. The molecule has 0 spiro atoms. The van der Waals surface area contributed by atoms with Gasteiger partial charge in [0, 0.05) is 25.8 Å². The van der Waals surface area contributed by atoms with E-state index in [0.717, 1.165) is 28.7 Å². The number of aryl methyl sites for hydroxylation is 2. The first-order valence-electron chi connectivity index (χ1n) is 12.6. The van der Waals surface area contributed by atoms with Crippen LogP contribution in [0.5, 0.6) is 5.75 Å². The lowest BCUT2D eigenvalue weighted by atomic mass is 9.93. The highest BCUT2D eigenvalue weighted by Crippen LogP contribution is 2.40. The van der Waals surface area contributed by atoms with Gasteiger partial charge in [-0.2, -0.15) is 0 Å². The second-order valence-corrected chi connectivity index (χ2v) is 9.18. The molecule has 3 aromatic carbocycles. The van der Waals surface area contributed by atoms with Crippen LogP contribution in [0.2, 0.25) is 0 Å². The fourth-order valence-electron chi connectivity index (χ4n) is 4.65. The second kappa shape index (κ2) is 11.9. The molecule has 192 valence electrons. The molecule has 1 heterocycles. The molecule has 0 aromatic heterocycles. The third kappa shape index (κ3) is 5.75. The molecule has 37 heavy (non-hydrogen) atoms. The van der Waals surface area contributed by atoms with Crippen molar-refractivity contribution in [1.29, 1.82) is 0 Å². The summed E-state index contributed by atoms with van der Waals surface area (Å²) < 4.78 is 11.1. The van der Waals surface area contributed by atoms with Gasteiger partial charge in [0.25, 0.3) is 11.7 Å². The second-order valence-electron chi connectivity index (χ2n) is 9.18. The van der Waals surface area contributed by atoms with Crippen LogP contribution >= 0.6 is 0 Å². The number of likely N-dealkylation sites (tertiary alicyclic amines) is 1. The van der Waals surface area contributed by atoms with Crippen molar-refractivity contribution in [2.75, 3.05) is 20.3 Å². The number of nitrogens with zero attached hydrogens (tertiary/aromatic N) is 1. The number of carbonyl (C=O) groups is 2. The SMILES string of the molecule is CCc1ccc([C@H]2/C(=C(\O)c3ccc(OCc4ccccc4)cc3C)C(=O)C(=O)N2CCCOC)cc1. The van der Waals surface area contributed by atoms with E-state index in [4.69, 9.17) is 9.47 Å². The number of ketones is 1. The third-order valence-corrected chi connectivity index (χ3v) is 6.69. The molecular formula is C31H33NO5. The van der Waals surface area contributed by atoms with Gasteiger partial charge < -0.3 is 19.5 Å². The van der Waals surface area contributed by atoms with Gasteiger partial charge in [0.1, 0.15) is 18.1 Å². The van der Waals surface area contributed by atoms with Crippen molar-refractivity contribution in [1.82, 2.24) is 4.90 Å². The first kappa shape index (κ1) is 26.2. The van der Waals surface area contributed by atoms with E-state index in [1.165, 1.54) is 0 Å². The van der Waals surface area contributed by atoms with E-state index >= 15 is 0 Å². The Balaban J connectivity index is 1.69. The molecule has 1 aliphatic heterocycles. The van der Waals surface area contributed by atoms with Crippen molar-refractivity contribution in [3.05, 3.63) is 106 Å². The Morgan fingerprint density at radius 2 is 1.70 bits per heavy atom. The fraction of sp³-hybridized carbons (Fsp3) is 0.290. The van der Waals surface area contributed by atoms with Crippen molar-refractivity contribution in [2.24, 2.45) is 0 Å². The van der Waals surface area contributed by atoms with Gasteiger partial charge in [0.2, 0.25) is 0 Å². The number of aliphatic hydroxyl groups excluding tert-OH is 1. The number of amides is 1. The van der Waals surface area contributed by atoms with Gasteiger partial charge in [-0.1, -0.05) is 61.5 Å². The standard InChI is InChI=1S/C31H33NO5/c1-4-22-11-13-24(14-12-22)28-27(30(34)31(35)32(28)17-8-18-36-3)29(33)26-16-15-25(19-21(26)2)37-20-23-9-6-5-7-10-23/h5-7,9-16,19,28,33H,4,8,17-18,20H2,1-3H3/b29-27+/t28-/m0/s1. The molecule has 1 aliphatic rings. The highest BCUT2D eigenvalue weighted by atomic mass is 16.5. The van der Waals surface area contributed by atoms with Crippen LogP contribution in [0.25, 0.3) is 5.76 Å². The Hall–Kier alpha value is -3.90. The minimum Gasteiger partial charge on any atom is -0.507 e. The first-order chi connectivity index (χ1) is 17.9. The number of ether oxygens (including phenoxy) is 2. The summed E-state index contributed by atoms with van der Waals surface area (Å²) in [7, 11) is 1.60. The summed E-state index contributed by atoms with van der Waals surface area (Å²) in [5, 5.41) is 11.4. The molecule has 1 fully saturated rings. The van der Waals surface area contributed by atoms with Crippen molar-refractivity contribution >= 4 is 17.4 Å². The molecule has 1 atom stereocenters. The predicted molar refractivity (Wildman–Crippen MR) is 143 cm³/mol. The summed E-state index contributed by atoms with van der Waals surface area (Å²) in [5.41, 5.74) is 4.34. The Bertz CT molecular complexity index is 1280. The summed E-state index contributed by atoms with van der Waals surface area (Å²) in [5.74, 6) is -0.806. The van der Waals surface area contributed by atoms with Crippen LogP contribution < -0.4 is 4.74 Å². The number of hydrogen-bond donors (Lipinski definition) is 1. The molecule has 4 rings (SSSR count). The largest absolute Gasteiger partial charge is 0.507 e. The summed E-state index contributed by atoms with van der Waals surface area (Å²) in [6.07, 6.45) is 1.46. The zero-order chi connectivity index (χ0) is 26.4. The van der Waals surface area contributed by atoms with Gasteiger partial charge in [-0.3, -0.25) is 9.59 Å². The average Bonchev–Trinajstić information content (AvgIpc) is 3.17. The molecule has 6 heteroatoms. The molecule has 0 radical (unpaired) electrons. The lowest BCUT2D eigenvalue weighted by Crippen LogP contribution is -2.31. The zero-order valence-corrected chi connectivity index (χ0v) is 21.6. The van der Waals surface area contributed by atoms with E-state index in [1.807, 2.05) is 67.6 Å². The Labute approximate surface area is 218 Å². The number of hydrogen-bond acceptors (Lipinski definition) is 5. The van der Waals surface area contributed by atoms with Gasteiger partial charge in [-0.05, 0) is 60.2 Å². The molecule has 6 nitrogen and oxygen atoms in total. The average molecular weight is 500 g/mol. The summed E-state index contributed by atoms with van der Waals surface area (Å²) in [6.45, 7) is 5.16. The minimum absolute atomic E-state index is 0.104. The van der Waals surface area contributed by atoms with Crippen LogP contribution in [0.15, 0.2) is 78.4 Å². The van der Waals surface area contributed by atoms with Crippen molar-refractivity contribution < 1.29 is 24.2 Å². The Kier molecular flexibility index (Phi) is 8.41. The normalized spacial score (nSPS) is 16.8. The van der Waals surface area contributed by atoms with E-state index in [-0.39, 0.29) is 11.3 Å². The molecular weight excluding hydrogens is 466 g/mol.